The molecular weight excluding hydrogens is 346 g/mol. The Balaban J connectivity index is 2.19. The van der Waals surface area contributed by atoms with Gasteiger partial charge >= 0.3 is 0 Å². The normalized spacial score (nSPS) is 23.6. The largest absolute Gasteiger partial charge is 0.496 e. The molecule has 1 fully saturated rings. The first kappa shape index (κ1) is 15.8. The minimum absolute atomic E-state index is 0.156. The molecule has 1 aliphatic rings. The van der Waals surface area contributed by atoms with Gasteiger partial charge in [0.25, 0.3) is 0 Å². The van der Waals surface area contributed by atoms with Crippen molar-refractivity contribution in [3.05, 3.63) is 22.7 Å². The van der Waals surface area contributed by atoms with E-state index < -0.39 is 22.2 Å². The summed E-state index contributed by atoms with van der Waals surface area (Å²) in [6.07, 6.45) is 2.56. The maximum Gasteiger partial charge on any atom is 0.240 e. The van der Waals surface area contributed by atoms with Crippen molar-refractivity contribution in [1.82, 2.24) is 4.72 Å². The Hall–Kier alpha value is -0.630. The van der Waals surface area contributed by atoms with Gasteiger partial charge in [-0.05, 0) is 47.0 Å². The number of hydrogen-bond acceptors (Lipinski definition) is 4. The second kappa shape index (κ2) is 6.43. The van der Waals surface area contributed by atoms with Crippen molar-refractivity contribution in [1.29, 1.82) is 0 Å². The van der Waals surface area contributed by atoms with E-state index in [4.69, 9.17) is 4.74 Å². The summed E-state index contributed by atoms with van der Waals surface area (Å²) >= 11 is 3.27. The maximum absolute atomic E-state index is 12.3. The third kappa shape index (κ3) is 3.52. The maximum atomic E-state index is 12.3. The number of aliphatic hydroxyl groups excluding tert-OH is 1. The van der Waals surface area contributed by atoms with Crippen LogP contribution in [0.4, 0.5) is 0 Å². The van der Waals surface area contributed by atoms with E-state index in [9.17, 15) is 13.5 Å². The van der Waals surface area contributed by atoms with E-state index in [1.807, 2.05) is 0 Å². The minimum atomic E-state index is -3.64. The summed E-state index contributed by atoms with van der Waals surface area (Å²) in [6, 6.07) is 4.17. The standard InChI is InChI=1S/C13H18BrNO4S/c1-19-13-7-6-9(8-10(13)14)20(17,18)15-11-4-2-3-5-12(11)16/h6-8,11-12,15-16H,2-5H2,1H3. The summed E-state index contributed by atoms with van der Waals surface area (Å²) in [5.74, 6) is 0.571. The van der Waals surface area contributed by atoms with E-state index in [1.165, 1.54) is 19.2 Å². The molecule has 2 N–H and O–H groups in total. The molecule has 5 nitrogen and oxygen atoms in total. The van der Waals surface area contributed by atoms with Crippen LogP contribution in [-0.2, 0) is 10.0 Å². The van der Waals surface area contributed by atoms with Crippen LogP contribution in [0.15, 0.2) is 27.6 Å². The lowest BCUT2D eigenvalue weighted by Gasteiger charge is -2.28. The van der Waals surface area contributed by atoms with E-state index >= 15 is 0 Å². The molecule has 7 heteroatoms. The average molecular weight is 364 g/mol. The van der Waals surface area contributed by atoms with Crippen LogP contribution in [0, 0.1) is 0 Å². The molecule has 0 aliphatic heterocycles. The van der Waals surface area contributed by atoms with Gasteiger partial charge in [0, 0.05) is 6.04 Å². The zero-order valence-corrected chi connectivity index (χ0v) is 13.6. The van der Waals surface area contributed by atoms with Crippen LogP contribution < -0.4 is 9.46 Å². The molecule has 0 aromatic heterocycles. The van der Waals surface area contributed by atoms with Gasteiger partial charge in [-0.3, -0.25) is 0 Å². The molecule has 0 saturated heterocycles. The van der Waals surface area contributed by atoms with Crippen molar-refractivity contribution in [2.75, 3.05) is 7.11 Å². The molecule has 0 radical (unpaired) electrons. The van der Waals surface area contributed by atoms with Gasteiger partial charge in [0.2, 0.25) is 10.0 Å². The number of rotatable bonds is 4. The van der Waals surface area contributed by atoms with Crippen molar-refractivity contribution in [2.45, 2.75) is 42.7 Å². The van der Waals surface area contributed by atoms with Crippen molar-refractivity contribution in [3.63, 3.8) is 0 Å². The summed E-state index contributed by atoms with van der Waals surface area (Å²) in [5, 5.41) is 9.86. The summed E-state index contributed by atoms with van der Waals surface area (Å²) in [7, 11) is -2.12. The Morgan fingerprint density at radius 1 is 1.35 bits per heavy atom. The van der Waals surface area contributed by atoms with Crippen LogP contribution in [0.1, 0.15) is 25.7 Å². The minimum Gasteiger partial charge on any atom is -0.496 e. The van der Waals surface area contributed by atoms with Crippen molar-refractivity contribution in [2.24, 2.45) is 0 Å². The Kier molecular flexibility index (Phi) is 5.06. The number of halogens is 1. The summed E-state index contributed by atoms with van der Waals surface area (Å²) in [4.78, 5) is 0.156. The highest BCUT2D eigenvalue weighted by Gasteiger charge is 2.28. The van der Waals surface area contributed by atoms with E-state index in [0.717, 1.165) is 12.8 Å². The van der Waals surface area contributed by atoms with Gasteiger partial charge in [0.15, 0.2) is 0 Å². The Morgan fingerprint density at radius 3 is 2.65 bits per heavy atom. The van der Waals surface area contributed by atoms with Gasteiger partial charge in [-0.25, -0.2) is 13.1 Å². The molecule has 2 rings (SSSR count). The van der Waals surface area contributed by atoms with Crippen molar-refractivity contribution < 1.29 is 18.3 Å². The lowest BCUT2D eigenvalue weighted by molar-refractivity contribution is 0.101. The Bertz CT molecular complexity index is 576. The van der Waals surface area contributed by atoms with Crippen molar-refractivity contribution in [3.8, 4) is 5.75 Å². The fraction of sp³-hybridized carbons (Fsp3) is 0.538. The van der Waals surface area contributed by atoms with E-state index in [0.29, 0.717) is 23.1 Å². The first-order valence-electron chi connectivity index (χ1n) is 6.48. The molecule has 2 atom stereocenters. The highest BCUT2D eigenvalue weighted by molar-refractivity contribution is 9.10. The molecule has 1 aromatic carbocycles. The summed E-state index contributed by atoms with van der Waals surface area (Å²) in [6.45, 7) is 0. The smallest absolute Gasteiger partial charge is 0.240 e. The first-order valence-corrected chi connectivity index (χ1v) is 8.75. The molecule has 112 valence electrons. The fourth-order valence-electron chi connectivity index (χ4n) is 2.33. The molecule has 1 aromatic rings. The fourth-order valence-corrected chi connectivity index (χ4v) is 4.35. The van der Waals surface area contributed by atoms with Crippen LogP contribution >= 0.6 is 15.9 Å². The number of aliphatic hydroxyl groups is 1. The lowest BCUT2D eigenvalue weighted by Crippen LogP contribution is -2.44. The Labute approximate surface area is 127 Å². The third-order valence-electron chi connectivity index (χ3n) is 3.47. The third-order valence-corrected chi connectivity index (χ3v) is 5.58. The average Bonchev–Trinajstić information content (AvgIpc) is 2.41. The predicted molar refractivity (Wildman–Crippen MR) is 79.3 cm³/mol. The number of benzene rings is 1. The second-order valence-corrected chi connectivity index (χ2v) is 7.44. The molecule has 2 unspecified atom stereocenters. The SMILES string of the molecule is COc1ccc(S(=O)(=O)NC2CCCCC2O)cc1Br. The number of sulfonamides is 1. The Morgan fingerprint density at radius 2 is 2.05 bits per heavy atom. The van der Waals surface area contributed by atoms with Crippen LogP contribution in [0.25, 0.3) is 0 Å². The van der Waals surface area contributed by atoms with Gasteiger partial charge < -0.3 is 9.84 Å². The zero-order valence-electron chi connectivity index (χ0n) is 11.2. The molecule has 1 aliphatic carbocycles. The van der Waals surface area contributed by atoms with Gasteiger partial charge in [-0.15, -0.1) is 0 Å². The molecular formula is C13H18BrNO4S. The second-order valence-electron chi connectivity index (χ2n) is 4.88. The molecule has 20 heavy (non-hydrogen) atoms. The van der Waals surface area contributed by atoms with Gasteiger partial charge in [0.05, 0.1) is 22.6 Å². The van der Waals surface area contributed by atoms with E-state index in [1.54, 1.807) is 6.07 Å². The number of ether oxygens (including phenoxy) is 1. The zero-order chi connectivity index (χ0) is 14.8. The predicted octanol–water partition coefficient (Wildman–Crippen LogP) is 2.04. The van der Waals surface area contributed by atoms with Gasteiger partial charge in [-0.1, -0.05) is 12.8 Å². The van der Waals surface area contributed by atoms with Crippen LogP contribution in [0.3, 0.4) is 0 Å². The van der Waals surface area contributed by atoms with Crippen LogP contribution in [0.5, 0.6) is 5.75 Å². The highest BCUT2D eigenvalue weighted by atomic mass is 79.9. The first-order chi connectivity index (χ1) is 9.44. The van der Waals surface area contributed by atoms with E-state index in [-0.39, 0.29) is 4.90 Å². The molecule has 0 heterocycles. The highest BCUT2D eigenvalue weighted by Crippen LogP contribution is 2.28. The lowest BCUT2D eigenvalue weighted by atomic mass is 9.93. The summed E-state index contributed by atoms with van der Waals surface area (Å²) < 4.78 is 32.9. The van der Waals surface area contributed by atoms with Gasteiger partial charge in [-0.2, -0.15) is 0 Å². The van der Waals surface area contributed by atoms with Crippen molar-refractivity contribution >= 4 is 26.0 Å². The molecule has 1 saturated carbocycles. The van der Waals surface area contributed by atoms with Gasteiger partial charge in [0.1, 0.15) is 5.75 Å². The summed E-state index contributed by atoms with van der Waals surface area (Å²) in [5.41, 5.74) is 0. The quantitative estimate of drug-likeness (QED) is 0.858. The molecule has 0 bridgehead atoms. The monoisotopic (exact) mass is 363 g/mol. The topological polar surface area (TPSA) is 75.6 Å². The number of methoxy groups -OCH3 is 1. The number of hydrogen-bond donors (Lipinski definition) is 2. The molecule has 0 amide bonds. The van der Waals surface area contributed by atoms with Crippen LogP contribution in [-0.4, -0.2) is 32.8 Å². The van der Waals surface area contributed by atoms with E-state index in [2.05, 4.69) is 20.7 Å². The number of nitrogens with one attached hydrogen (secondary N) is 1. The van der Waals surface area contributed by atoms with Crippen LogP contribution in [0.2, 0.25) is 0 Å². The molecule has 0 spiro atoms.